The summed E-state index contributed by atoms with van der Waals surface area (Å²) in [6.45, 7) is 4.90. The standard InChI is InChI=1S/C17H21N3O/c1-13(12-18)19-7-9-20(10-8-19)17(21)16-6-5-14-3-2-4-15(14)11-16/h5-6,11,13H,2-4,7-10H2,1H3. The van der Waals surface area contributed by atoms with Crippen molar-refractivity contribution in [2.45, 2.75) is 32.2 Å². The van der Waals surface area contributed by atoms with Crippen molar-refractivity contribution in [3.63, 3.8) is 0 Å². The van der Waals surface area contributed by atoms with E-state index < -0.39 is 0 Å². The summed E-state index contributed by atoms with van der Waals surface area (Å²) in [4.78, 5) is 16.6. The van der Waals surface area contributed by atoms with Crippen molar-refractivity contribution in [1.29, 1.82) is 5.26 Å². The van der Waals surface area contributed by atoms with Crippen LogP contribution in [0, 0.1) is 11.3 Å². The van der Waals surface area contributed by atoms with Gasteiger partial charge in [0.05, 0.1) is 12.1 Å². The summed E-state index contributed by atoms with van der Waals surface area (Å²) in [6, 6.07) is 8.36. The first-order valence-electron chi connectivity index (χ1n) is 7.74. The van der Waals surface area contributed by atoms with Crippen LogP contribution in [0.1, 0.15) is 34.8 Å². The average Bonchev–Trinajstić information content (AvgIpc) is 3.01. The van der Waals surface area contributed by atoms with Crippen LogP contribution >= 0.6 is 0 Å². The molecule has 1 aromatic carbocycles. The normalized spacial score (nSPS) is 19.9. The number of hydrogen-bond acceptors (Lipinski definition) is 3. The van der Waals surface area contributed by atoms with Crippen LogP contribution in [0.5, 0.6) is 0 Å². The van der Waals surface area contributed by atoms with Crippen LogP contribution in [0.3, 0.4) is 0 Å². The van der Waals surface area contributed by atoms with Gasteiger partial charge < -0.3 is 4.90 Å². The molecule has 0 N–H and O–H groups in total. The van der Waals surface area contributed by atoms with E-state index in [0.29, 0.717) is 13.1 Å². The van der Waals surface area contributed by atoms with Crippen molar-refractivity contribution in [3.8, 4) is 6.07 Å². The van der Waals surface area contributed by atoms with Gasteiger partial charge in [0.1, 0.15) is 0 Å². The Morgan fingerprint density at radius 2 is 1.90 bits per heavy atom. The van der Waals surface area contributed by atoms with Crippen LogP contribution in [0.2, 0.25) is 0 Å². The van der Waals surface area contributed by atoms with Crippen molar-refractivity contribution < 1.29 is 4.79 Å². The average molecular weight is 283 g/mol. The van der Waals surface area contributed by atoms with E-state index in [0.717, 1.165) is 31.5 Å². The fraction of sp³-hybridized carbons (Fsp3) is 0.529. The summed E-state index contributed by atoms with van der Waals surface area (Å²) in [5.41, 5.74) is 3.56. The second-order valence-corrected chi connectivity index (χ2v) is 5.97. The molecule has 1 aromatic rings. The van der Waals surface area contributed by atoms with Crippen LogP contribution in [0.15, 0.2) is 18.2 Å². The maximum absolute atomic E-state index is 12.6. The van der Waals surface area contributed by atoms with Gasteiger partial charge in [-0.25, -0.2) is 0 Å². The first-order chi connectivity index (χ1) is 10.2. The van der Waals surface area contributed by atoms with E-state index >= 15 is 0 Å². The molecule has 3 rings (SSSR count). The predicted molar refractivity (Wildman–Crippen MR) is 81.0 cm³/mol. The summed E-state index contributed by atoms with van der Waals surface area (Å²) in [6.07, 6.45) is 3.45. The number of rotatable bonds is 2. The largest absolute Gasteiger partial charge is 0.336 e. The molecule has 4 heteroatoms. The molecule has 1 atom stereocenters. The third-order valence-electron chi connectivity index (χ3n) is 4.68. The van der Waals surface area contributed by atoms with Crippen molar-refractivity contribution in [3.05, 3.63) is 34.9 Å². The topological polar surface area (TPSA) is 47.3 Å². The minimum absolute atomic E-state index is 0.0674. The van der Waals surface area contributed by atoms with E-state index in [1.165, 1.54) is 17.5 Å². The molecule has 2 aliphatic rings. The Labute approximate surface area is 126 Å². The third-order valence-corrected chi connectivity index (χ3v) is 4.68. The summed E-state index contributed by atoms with van der Waals surface area (Å²) >= 11 is 0. The molecular weight excluding hydrogens is 262 g/mol. The number of nitrogens with zero attached hydrogens (tertiary/aromatic N) is 3. The number of piperazine rings is 1. The van der Waals surface area contributed by atoms with E-state index in [-0.39, 0.29) is 11.9 Å². The number of benzene rings is 1. The number of fused-ring (bicyclic) bond motifs is 1. The minimum atomic E-state index is -0.0674. The fourth-order valence-electron chi connectivity index (χ4n) is 3.28. The summed E-state index contributed by atoms with van der Waals surface area (Å²) in [7, 11) is 0. The van der Waals surface area contributed by atoms with Gasteiger partial charge in [-0.15, -0.1) is 0 Å². The molecule has 1 aliphatic heterocycles. The highest BCUT2D eigenvalue weighted by atomic mass is 16.2. The molecule has 1 aliphatic carbocycles. The Morgan fingerprint density at radius 3 is 2.62 bits per heavy atom. The summed E-state index contributed by atoms with van der Waals surface area (Å²) in [5.74, 6) is 0.133. The second-order valence-electron chi connectivity index (χ2n) is 5.97. The van der Waals surface area contributed by atoms with Crippen molar-refractivity contribution >= 4 is 5.91 Å². The van der Waals surface area contributed by atoms with E-state index in [1.807, 2.05) is 17.9 Å². The smallest absolute Gasteiger partial charge is 0.253 e. The lowest BCUT2D eigenvalue weighted by atomic mass is 10.1. The van der Waals surface area contributed by atoms with Crippen molar-refractivity contribution in [2.24, 2.45) is 0 Å². The molecule has 110 valence electrons. The van der Waals surface area contributed by atoms with Gasteiger partial charge in [0.2, 0.25) is 0 Å². The molecule has 0 saturated carbocycles. The lowest BCUT2D eigenvalue weighted by Crippen LogP contribution is -2.51. The lowest BCUT2D eigenvalue weighted by Gasteiger charge is -2.36. The maximum atomic E-state index is 12.6. The molecule has 0 aromatic heterocycles. The number of hydrogen-bond donors (Lipinski definition) is 0. The van der Waals surface area contributed by atoms with Crippen LogP contribution in [0.25, 0.3) is 0 Å². The molecule has 21 heavy (non-hydrogen) atoms. The quantitative estimate of drug-likeness (QED) is 0.832. The van der Waals surface area contributed by atoms with Gasteiger partial charge in [0, 0.05) is 31.7 Å². The predicted octanol–water partition coefficient (Wildman–Crippen LogP) is 1.85. The Hall–Kier alpha value is -1.86. The Balaban J connectivity index is 1.66. The minimum Gasteiger partial charge on any atom is -0.336 e. The monoisotopic (exact) mass is 283 g/mol. The molecular formula is C17H21N3O. The Morgan fingerprint density at radius 1 is 1.19 bits per heavy atom. The number of carbonyl (C=O) groups is 1. The first kappa shape index (κ1) is 14.1. The van der Waals surface area contributed by atoms with Gasteiger partial charge in [-0.05, 0) is 49.4 Å². The van der Waals surface area contributed by atoms with Crippen molar-refractivity contribution in [2.75, 3.05) is 26.2 Å². The lowest BCUT2D eigenvalue weighted by molar-refractivity contribution is 0.0615. The zero-order chi connectivity index (χ0) is 14.8. The molecule has 0 radical (unpaired) electrons. The molecule has 1 unspecified atom stereocenters. The first-order valence-corrected chi connectivity index (χ1v) is 7.74. The molecule has 1 fully saturated rings. The number of nitriles is 1. The maximum Gasteiger partial charge on any atom is 0.253 e. The number of amides is 1. The van der Waals surface area contributed by atoms with Gasteiger partial charge in [-0.3, -0.25) is 9.69 Å². The summed E-state index contributed by atoms with van der Waals surface area (Å²) < 4.78 is 0. The molecule has 0 bridgehead atoms. The van der Waals surface area contributed by atoms with E-state index in [4.69, 9.17) is 5.26 Å². The van der Waals surface area contributed by atoms with Gasteiger partial charge in [-0.2, -0.15) is 5.26 Å². The highest BCUT2D eigenvalue weighted by Gasteiger charge is 2.25. The van der Waals surface area contributed by atoms with Crippen LogP contribution < -0.4 is 0 Å². The number of aryl methyl sites for hydroxylation is 2. The SMILES string of the molecule is CC(C#N)N1CCN(C(=O)c2ccc3c(c2)CCC3)CC1. The van der Waals surface area contributed by atoms with Crippen LogP contribution in [0.4, 0.5) is 0 Å². The zero-order valence-electron chi connectivity index (χ0n) is 12.5. The van der Waals surface area contributed by atoms with Gasteiger partial charge >= 0.3 is 0 Å². The van der Waals surface area contributed by atoms with Crippen LogP contribution in [-0.4, -0.2) is 47.9 Å². The fourth-order valence-corrected chi connectivity index (χ4v) is 3.28. The molecule has 4 nitrogen and oxygen atoms in total. The van der Waals surface area contributed by atoms with E-state index in [2.05, 4.69) is 23.1 Å². The van der Waals surface area contributed by atoms with Gasteiger partial charge in [0.15, 0.2) is 0 Å². The Bertz CT molecular complexity index is 582. The molecule has 1 heterocycles. The Kier molecular flexibility index (Phi) is 3.94. The van der Waals surface area contributed by atoms with Gasteiger partial charge in [0.25, 0.3) is 5.91 Å². The highest BCUT2D eigenvalue weighted by molar-refractivity contribution is 5.94. The zero-order valence-corrected chi connectivity index (χ0v) is 12.5. The third kappa shape index (κ3) is 2.79. The number of carbonyl (C=O) groups excluding carboxylic acids is 1. The molecule has 0 spiro atoms. The molecule has 1 saturated heterocycles. The summed E-state index contributed by atoms with van der Waals surface area (Å²) in [5, 5.41) is 8.96. The highest BCUT2D eigenvalue weighted by Crippen LogP contribution is 2.23. The molecule has 1 amide bonds. The van der Waals surface area contributed by atoms with Crippen LogP contribution in [-0.2, 0) is 12.8 Å². The van der Waals surface area contributed by atoms with E-state index in [1.54, 1.807) is 0 Å². The second kappa shape index (κ2) is 5.87. The van der Waals surface area contributed by atoms with Crippen molar-refractivity contribution in [1.82, 2.24) is 9.80 Å². The van der Waals surface area contributed by atoms with Gasteiger partial charge in [-0.1, -0.05) is 6.07 Å². The van der Waals surface area contributed by atoms with E-state index in [9.17, 15) is 4.79 Å².